The topological polar surface area (TPSA) is 75.6 Å². The van der Waals surface area contributed by atoms with Crippen molar-refractivity contribution in [2.45, 2.75) is 51.5 Å². The van der Waals surface area contributed by atoms with Crippen molar-refractivity contribution in [1.29, 1.82) is 0 Å². The second kappa shape index (κ2) is 8.56. The van der Waals surface area contributed by atoms with Crippen LogP contribution in [-0.4, -0.2) is 29.8 Å². The van der Waals surface area contributed by atoms with Crippen LogP contribution in [0, 0.1) is 12.8 Å². The fourth-order valence-corrected chi connectivity index (χ4v) is 2.99. The third kappa shape index (κ3) is 5.58. The van der Waals surface area contributed by atoms with Crippen LogP contribution in [0.25, 0.3) is 0 Å². The van der Waals surface area contributed by atoms with Gasteiger partial charge in [0.15, 0.2) is 0 Å². The average Bonchev–Trinajstić information content (AvgIpc) is 2.53. The van der Waals surface area contributed by atoms with Gasteiger partial charge in [0, 0.05) is 6.04 Å². The van der Waals surface area contributed by atoms with Gasteiger partial charge in [-0.1, -0.05) is 42.7 Å². The van der Waals surface area contributed by atoms with Crippen molar-refractivity contribution in [3.63, 3.8) is 0 Å². The predicted molar refractivity (Wildman–Crippen MR) is 87.4 cm³/mol. The zero-order chi connectivity index (χ0) is 16.7. The lowest BCUT2D eigenvalue weighted by Crippen LogP contribution is -2.45. The highest BCUT2D eigenvalue weighted by Crippen LogP contribution is 2.24. The highest BCUT2D eigenvalue weighted by molar-refractivity contribution is 5.73. The van der Waals surface area contributed by atoms with E-state index >= 15 is 0 Å². The Balaban J connectivity index is 1.68. The molecule has 1 fully saturated rings. The molecule has 0 heterocycles. The number of rotatable bonds is 6. The van der Waals surface area contributed by atoms with Crippen molar-refractivity contribution in [2.75, 3.05) is 6.61 Å². The van der Waals surface area contributed by atoms with Crippen molar-refractivity contribution in [3.05, 3.63) is 35.4 Å². The molecule has 2 N–H and O–H groups in total. The molecule has 1 aromatic carbocycles. The molecule has 0 aliphatic heterocycles. The number of nitrogens with one attached hydrogen (secondary N) is 1. The zero-order valence-corrected chi connectivity index (χ0v) is 13.6. The molecule has 23 heavy (non-hydrogen) atoms. The maximum Gasteiger partial charge on any atom is 0.407 e. The van der Waals surface area contributed by atoms with Crippen LogP contribution in [-0.2, 0) is 16.0 Å². The van der Waals surface area contributed by atoms with Crippen molar-refractivity contribution < 1.29 is 19.4 Å². The Bertz CT molecular complexity index is 526. The van der Waals surface area contributed by atoms with E-state index in [4.69, 9.17) is 4.74 Å². The molecule has 0 aromatic heterocycles. The predicted octanol–water partition coefficient (Wildman–Crippen LogP) is 3.30. The Labute approximate surface area is 137 Å². The van der Waals surface area contributed by atoms with Gasteiger partial charge in [-0.25, -0.2) is 4.79 Å². The maximum atomic E-state index is 11.8. The summed E-state index contributed by atoms with van der Waals surface area (Å²) in [5.74, 6) is -1.33. The molecule has 0 bridgehead atoms. The monoisotopic (exact) mass is 319 g/mol. The van der Waals surface area contributed by atoms with Gasteiger partial charge >= 0.3 is 12.1 Å². The molecule has 1 saturated carbocycles. The Morgan fingerprint density at radius 2 is 1.91 bits per heavy atom. The molecule has 1 aliphatic carbocycles. The Hall–Kier alpha value is -2.04. The lowest BCUT2D eigenvalue weighted by Gasteiger charge is -2.28. The Kier molecular flexibility index (Phi) is 6.44. The summed E-state index contributed by atoms with van der Waals surface area (Å²) in [5, 5.41) is 11.9. The first-order valence-electron chi connectivity index (χ1n) is 8.28. The van der Waals surface area contributed by atoms with Crippen LogP contribution >= 0.6 is 0 Å². The van der Waals surface area contributed by atoms with E-state index in [1.165, 1.54) is 11.1 Å². The van der Waals surface area contributed by atoms with Crippen LogP contribution in [0.4, 0.5) is 4.79 Å². The summed E-state index contributed by atoms with van der Waals surface area (Å²) in [4.78, 5) is 23.0. The summed E-state index contributed by atoms with van der Waals surface area (Å²) in [5.41, 5.74) is 2.45. The van der Waals surface area contributed by atoms with Gasteiger partial charge in [0.2, 0.25) is 0 Å². The molecule has 1 aliphatic rings. The minimum absolute atomic E-state index is 0.314. The van der Waals surface area contributed by atoms with Crippen molar-refractivity contribution in [3.8, 4) is 0 Å². The molecule has 0 spiro atoms. The number of carbonyl (C=O) groups is 2. The lowest BCUT2D eigenvalue weighted by atomic mass is 9.85. The second-order valence-corrected chi connectivity index (χ2v) is 6.21. The summed E-state index contributed by atoms with van der Waals surface area (Å²) >= 11 is 0. The maximum absolute atomic E-state index is 11.8. The quantitative estimate of drug-likeness (QED) is 0.789. The molecule has 1 amide bonds. The first-order valence-corrected chi connectivity index (χ1v) is 8.28. The number of benzene rings is 1. The van der Waals surface area contributed by atoms with Crippen molar-refractivity contribution in [1.82, 2.24) is 5.32 Å². The number of carboxylic acid groups (broad SMARTS) is 1. The van der Waals surface area contributed by atoms with Gasteiger partial charge in [-0.05, 0) is 38.2 Å². The molecule has 0 radical (unpaired) electrons. The molecular weight excluding hydrogens is 294 g/mol. The van der Waals surface area contributed by atoms with Crippen LogP contribution in [0.5, 0.6) is 0 Å². The molecule has 5 nitrogen and oxygen atoms in total. The summed E-state index contributed by atoms with van der Waals surface area (Å²) in [7, 11) is 0. The fourth-order valence-electron chi connectivity index (χ4n) is 2.99. The van der Waals surface area contributed by atoms with Crippen LogP contribution in [0.2, 0.25) is 0 Å². The molecular formula is C18H25NO4. The number of amides is 1. The number of hydrogen-bond acceptors (Lipinski definition) is 3. The summed E-state index contributed by atoms with van der Waals surface area (Å²) in [6, 6.07) is 7.98. The highest BCUT2D eigenvalue weighted by atomic mass is 16.5. The third-order valence-corrected chi connectivity index (χ3v) is 4.35. The smallest absolute Gasteiger partial charge is 0.407 e. The van der Waals surface area contributed by atoms with E-state index in [-0.39, 0.29) is 6.04 Å². The molecule has 2 atom stereocenters. The van der Waals surface area contributed by atoms with Gasteiger partial charge in [0.25, 0.3) is 0 Å². The third-order valence-electron chi connectivity index (χ3n) is 4.35. The second-order valence-electron chi connectivity index (χ2n) is 6.21. The number of aryl methyl sites for hydroxylation is 2. The van der Waals surface area contributed by atoms with Crippen LogP contribution in [0.15, 0.2) is 24.3 Å². The minimum Gasteiger partial charge on any atom is -0.481 e. The first-order chi connectivity index (χ1) is 11.1. The van der Waals surface area contributed by atoms with Gasteiger partial charge < -0.3 is 15.2 Å². The largest absolute Gasteiger partial charge is 0.481 e. The summed E-state index contributed by atoms with van der Waals surface area (Å²) in [6.07, 6.45) is 4.27. The standard InChI is InChI=1S/C18H25NO4/c1-13-8-10-14(11-9-13)5-4-12-23-18(22)19-16-7-3-2-6-15(16)17(20)21/h8-11,15-16H,2-7,12H2,1H3,(H,19,22)(H,20,21)/t15-,16-/m1/s1. The van der Waals surface area contributed by atoms with Gasteiger partial charge in [-0.3, -0.25) is 4.79 Å². The van der Waals surface area contributed by atoms with E-state index in [0.29, 0.717) is 19.4 Å². The Morgan fingerprint density at radius 1 is 1.22 bits per heavy atom. The fraction of sp³-hybridized carbons (Fsp3) is 0.556. The van der Waals surface area contributed by atoms with E-state index in [1.807, 2.05) is 6.92 Å². The van der Waals surface area contributed by atoms with Gasteiger partial charge in [0.05, 0.1) is 12.5 Å². The van der Waals surface area contributed by atoms with Gasteiger partial charge in [0.1, 0.15) is 0 Å². The SMILES string of the molecule is Cc1ccc(CCCOC(=O)N[C@@H]2CCCC[C@H]2C(=O)O)cc1. The van der Waals surface area contributed by atoms with Crippen LogP contribution in [0.3, 0.4) is 0 Å². The number of aliphatic carboxylic acids is 1. The molecule has 0 saturated heterocycles. The number of hydrogen-bond donors (Lipinski definition) is 2. The van der Waals surface area contributed by atoms with Crippen LogP contribution < -0.4 is 5.32 Å². The number of alkyl carbamates (subject to hydrolysis) is 1. The van der Waals surface area contributed by atoms with E-state index in [2.05, 4.69) is 29.6 Å². The van der Waals surface area contributed by atoms with Crippen molar-refractivity contribution in [2.24, 2.45) is 5.92 Å². The minimum atomic E-state index is -0.839. The highest BCUT2D eigenvalue weighted by Gasteiger charge is 2.32. The Morgan fingerprint density at radius 3 is 2.61 bits per heavy atom. The van der Waals surface area contributed by atoms with E-state index in [1.54, 1.807) is 0 Å². The number of carbonyl (C=O) groups excluding carboxylic acids is 1. The van der Waals surface area contributed by atoms with E-state index in [9.17, 15) is 14.7 Å². The van der Waals surface area contributed by atoms with E-state index < -0.39 is 18.0 Å². The zero-order valence-electron chi connectivity index (χ0n) is 13.6. The number of carboxylic acids is 1. The lowest BCUT2D eigenvalue weighted by molar-refractivity contribution is -0.143. The molecule has 126 valence electrons. The first kappa shape index (κ1) is 17.3. The summed E-state index contributed by atoms with van der Waals surface area (Å²) < 4.78 is 5.18. The molecule has 2 rings (SSSR count). The van der Waals surface area contributed by atoms with E-state index in [0.717, 1.165) is 25.7 Å². The molecule has 5 heteroatoms. The number of ether oxygens (including phenoxy) is 1. The van der Waals surface area contributed by atoms with Crippen LogP contribution in [0.1, 0.15) is 43.2 Å². The van der Waals surface area contributed by atoms with Gasteiger partial charge in [-0.2, -0.15) is 0 Å². The molecule has 1 aromatic rings. The summed E-state index contributed by atoms with van der Waals surface area (Å²) in [6.45, 7) is 2.39. The normalized spacial score (nSPS) is 20.7. The van der Waals surface area contributed by atoms with Gasteiger partial charge in [-0.15, -0.1) is 0 Å². The molecule has 0 unspecified atom stereocenters. The average molecular weight is 319 g/mol. The van der Waals surface area contributed by atoms with Crippen molar-refractivity contribution >= 4 is 12.1 Å².